The zero-order chi connectivity index (χ0) is 21.0. The Bertz CT molecular complexity index is 1170. The smallest absolute Gasteiger partial charge is 0.267 e. The molecule has 0 saturated carbocycles. The average molecular weight is 472 g/mol. The number of ketones is 1. The Morgan fingerprint density at radius 2 is 1.69 bits per heavy atom. The molecule has 1 unspecified atom stereocenters. The van der Waals surface area contributed by atoms with Gasteiger partial charge in [-0.25, -0.2) is 12.7 Å². The predicted molar refractivity (Wildman–Crippen MR) is 112 cm³/mol. The first-order chi connectivity index (χ1) is 13.7. The lowest BCUT2D eigenvalue weighted by Crippen LogP contribution is -2.49. The topological polar surface area (TPSA) is 71.5 Å². The van der Waals surface area contributed by atoms with Crippen LogP contribution >= 0.6 is 15.9 Å². The van der Waals surface area contributed by atoms with Gasteiger partial charge in [-0.05, 0) is 48.9 Å². The Morgan fingerprint density at radius 1 is 1.07 bits per heavy atom. The molecule has 0 radical (unpaired) electrons. The van der Waals surface area contributed by atoms with Crippen molar-refractivity contribution in [2.45, 2.75) is 23.8 Å². The lowest BCUT2D eigenvalue weighted by atomic mass is 9.72. The van der Waals surface area contributed by atoms with Crippen molar-refractivity contribution in [3.8, 4) is 0 Å². The van der Waals surface area contributed by atoms with Crippen molar-refractivity contribution in [3.05, 3.63) is 88.4 Å². The summed E-state index contributed by atoms with van der Waals surface area (Å²) >= 11 is 3.38. The van der Waals surface area contributed by atoms with Gasteiger partial charge in [0.2, 0.25) is 0 Å². The summed E-state index contributed by atoms with van der Waals surface area (Å²) in [6.45, 7) is 5.72. The van der Waals surface area contributed by atoms with Gasteiger partial charge in [-0.3, -0.25) is 9.59 Å². The minimum Gasteiger partial charge on any atom is -0.295 e. The van der Waals surface area contributed by atoms with E-state index in [4.69, 9.17) is 0 Å². The van der Waals surface area contributed by atoms with Crippen LogP contribution in [0.15, 0.2) is 82.2 Å². The zero-order valence-corrected chi connectivity index (χ0v) is 18.0. The summed E-state index contributed by atoms with van der Waals surface area (Å²) in [4.78, 5) is 25.4. The molecule has 0 spiro atoms. The van der Waals surface area contributed by atoms with Crippen LogP contribution in [0.4, 0.5) is 0 Å². The van der Waals surface area contributed by atoms with Gasteiger partial charge < -0.3 is 0 Å². The fourth-order valence-electron chi connectivity index (χ4n) is 4.06. The van der Waals surface area contributed by atoms with Gasteiger partial charge in [0.15, 0.2) is 5.78 Å². The van der Waals surface area contributed by atoms with Crippen molar-refractivity contribution in [2.75, 3.05) is 0 Å². The van der Waals surface area contributed by atoms with E-state index in [1.54, 1.807) is 36.4 Å². The van der Waals surface area contributed by atoms with Crippen LogP contribution < -0.4 is 0 Å². The first kappa shape index (κ1) is 19.8. The number of hydrogen-bond acceptors (Lipinski definition) is 4. The zero-order valence-electron chi connectivity index (χ0n) is 15.6. The molecule has 7 heteroatoms. The summed E-state index contributed by atoms with van der Waals surface area (Å²) in [6, 6.07) is 13.4. The third-order valence-electron chi connectivity index (χ3n) is 5.54. The highest BCUT2D eigenvalue weighted by molar-refractivity contribution is 9.10. The van der Waals surface area contributed by atoms with Crippen LogP contribution in [0.3, 0.4) is 0 Å². The number of allylic oxidation sites excluding steroid dienone is 1. The van der Waals surface area contributed by atoms with Crippen LogP contribution in [0.5, 0.6) is 0 Å². The largest absolute Gasteiger partial charge is 0.295 e. The average Bonchev–Trinajstić information content (AvgIpc) is 2.91. The molecule has 4 rings (SSSR count). The number of rotatable bonds is 3. The van der Waals surface area contributed by atoms with E-state index in [-0.39, 0.29) is 22.7 Å². The number of hydrogen-bond donors (Lipinski definition) is 0. The van der Waals surface area contributed by atoms with Crippen molar-refractivity contribution in [3.63, 3.8) is 0 Å². The SMILES string of the molecule is C=C1C(=O)N(S(=O)(=O)c2ccc(C)cc2)[C@]2(c3ccc(Br)cc3)C=CC(=O)CC12. The first-order valence-corrected chi connectivity index (χ1v) is 11.2. The second-order valence-corrected chi connectivity index (χ2v) is 10.0. The number of carbonyl (C=O) groups is 2. The third kappa shape index (κ3) is 2.91. The molecule has 5 nitrogen and oxygen atoms in total. The van der Waals surface area contributed by atoms with Crippen LogP contribution in [0.2, 0.25) is 0 Å². The lowest BCUT2D eigenvalue weighted by molar-refractivity contribution is -0.123. The summed E-state index contributed by atoms with van der Waals surface area (Å²) in [5.41, 5.74) is 0.315. The molecule has 2 aliphatic rings. The number of carbonyl (C=O) groups excluding carboxylic acids is 2. The highest BCUT2D eigenvalue weighted by Gasteiger charge is 2.60. The second-order valence-electron chi connectivity index (χ2n) is 7.30. The second kappa shape index (κ2) is 6.78. The van der Waals surface area contributed by atoms with E-state index in [9.17, 15) is 18.0 Å². The van der Waals surface area contributed by atoms with Crippen molar-refractivity contribution >= 4 is 37.6 Å². The summed E-state index contributed by atoms with van der Waals surface area (Å²) in [7, 11) is -4.19. The van der Waals surface area contributed by atoms with Crippen LogP contribution in [0.1, 0.15) is 17.5 Å². The van der Waals surface area contributed by atoms with Gasteiger partial charge in [-0.2, -0.15) is 0 Å². The quantitative estimate of drug-likeness (QED) is 0.636. The van der Waals surface area contributed by atoms with E-state index in [1.165, 1.54) is 24.3 Å². The molecule has 1 heterocycles. The number of aryl methyl sites for hydroxylation is 1. The molecular formula is C22H18BrNO4S. The third-order valence-corrected chi connectivity index (χ3v) is 7.89. The summed E-state index contributed by atoms with van der Waals surface area (Å²) < 4.78 is 29.0. The van der Waals surface area contributed by atoms with E-state index < -0.39 is 27.4 Å². The van der Waals surface area contributed by atoms with E-state index >= 15 is 0 Å². The van der Waals surface area contributed by atoms with Gasteiger partial charge in [0.1, 0.15) is 5.54 Å². The fourth-order valence-corrected chi connectivity index (χ4v) is 6.04. The van der Waals surface area contributed by atoms with Gasteiger partial charge in [0.05, 0.1) is 4.90 Å². The van der Waals surface area contributed by atoms with Gasteiger partial charge in [0, 0.05) is 22.4 Å². The molecule has 1 aliphatic carbocycles. The molecule has 2 aromatic rings. The molecule has 0 N–H and O–H groups in total. The maximum absolute atomic E-state index is 13.6. The van der Waals surface area contributed by atoms with E-state index in [2.05, 4.69) is 22.5 Å². The van der Waals surface area contributed by atoms with Crippen molar-refractivity contribution in [1.82, 2.24) is 4.31 Å². The molecule has 2 aromatic carbocycles. The van der Waals surface area contributed by atoms with Gasteiger partial charge in [-0.15, -0.1) is 0 Å². The fraction of sp³-hybridized carbons (Fsp3) is 0.182. The van der Waals surface area contributed by atoms with E-state index in [1.807, 2.05) is 6.92 Å². The number of sulfonamides is 1. The molecule has 1 amide bonds. The number of halogens is 1. The molecule has 148 valence electrons. The Kier molecular flexibility index (Phi) is 4.63. The Balaban J connectivity index is 2.00. The highest BCUT2D eigenvalue weighted by Crippen LogP contribution is 2.53. The number of nitrogens with zero attached hydrogens (tertiary/aromatic N) is 1. The monoisotopic (exact) mass is 471 g/mol. The van der Waals surface area contributed by atoms with Gasteiger partial charge in [0.25, 0.3) is 15.9 Å². The molecule has 29 heavy (non-hydrogen) atoms. The molecule has 0 aromatic heterocycles. The summed E-state index contributed by atoms with van der Waals surface area (Å²) in [5, 5.41) is 0. The maximum atomic E-state index is 13.6. The minimum absolute atomic E-state index is 0.0201. The van der Waals surface area contributed by atoms with Crippen LogP contribution in [0.25, 0.3) is 0 Å². The van der Waals surface area contributed by atoms with Crippen molar-refractivity contribution in [1.29, 1.82) is 0 Å². The Hall–Kier alpha value is -2.51. The maximum Gasteiger partial charge on any atom is 0.267 e. The molecule has 1 fully saturated rings. The van der Waals surface area contributed by atoms with Gasteiger partial charge in [-0.1, -0.05) is 52.3 Å². The number of amides is 1. The van der Waals surface area contributed by atoms with Crippen LogP contribution in [-0.2, 0) is 25.2 Å². The van der Waals surface area contributed by atoms with E-state index in [0.717, 1.165) is 14.3 Å². The molecule has 0 bridgehead atoms. The molecular weight excluding hydrogens is 454 g/mol. The van der Waals surface area contributed by atoms with Crippen LogP contribution in [0, 0.1) is 12.8 Å². The first-order valence-electron chi connectivity index (χ1n) is 9.01. The molecule has 1 saturated heterocycles. The molecule has 2 atom stereocenters. The Morgan fingerprint density at radius 3 is 2.31 bits per heavy atom. The predicted octanol–water partition coefficient (Wildman–Crippen LogP) is 3.89. The highest BCUT2D eigenvalue weighted by atomic mass is 79.9. The van der Waals surface area contributed by atoms with Crippen molar-refractivity contribution < 1.29 is 18.0 Å². The van der Waals surface area contributed by atoms with Crippen LogP contribution in [-0.4, -0.2) is 24.4 Å². The Labute approximate surface area is 177 Å². The number of benzene rings is 2. The number of fused-ring (bicyclic) bond motifs is 1. The standard InChI is InChI=1S/C22H18BrNO4S/c1-14-3-9-19(10-4-14)29(27,28)24-21(26)15(2)20-13-18(25)11-12-22(20,24)16-5-7-17(23)8-6-16/h3-12,20H,2,13H2,1H3/t20?,22-/m0/s1. The normalized spacial score (nSPS) is 24.1. The van der Waals surface area contributed by atoms with E-state index in [0.29, 0.717) is 5.56 Å². The lowest BCUT2D eigenvalue weighted by Gasteiger charge is -2.40. The summed E-state index contributed by atoms with van der Waals surface area (Å²) in [6.07, 6.45) is 2.92. The minimum atomic E-state index is -4.19. The van der Waals surface area contributed by atoms with Gasteiger partial charge >= 0.3 is 0 Å². The summed E-state index contributed by atoms with van der Waals surface area (Å²) in [5.74, 6) is -1.50. The van der Waals surface area contributed by atoms with Crippen molar-refractivity contribution in [2.24, 2.45) is 5.92 Å². The molecule has 1 aliphatic heterocycles.